The molecule has 0 saturated carbocycles. The largest absolute Gasteiger partial charge is 0.394 e. The van der Waals surface area contributed by atoms with E-state index in [1.165, 1.54) is 0 Å². The first-order valence-electron chi connectivity index (χ1n) is 7.88. The number of ether oxygens (including phenoxy) is 1. The molecule has 0 aromatic carbocycles. The van der Waals surface area contributed by atoms with Crippen molar-refractivity contribution >= 4 is 5.78 Å². The van der Waals surface area contributed by atoms with Gasteiger partial charge in [-0.1, -0.05) is 0 Å². The van der Waals surface area contributed by atoms with E-state index in [4.69, 9.17) is 9.84 Å². The lowest BCUT2D eigenvalue weighted by molar-refractivity contribution is -0.122. The Morgan fingerprint density at radius 3 is 2.33 bits per heavy atom. The van der Waals surface area contributed by atoms with Crippen molar-refractivity contribution in [1.82, 2.24) is 4.90 Å². The quantitative estimate of drug-likeness (QED) is 0.615. The molecule has 122 valence electrons. The summed E-state index contributed by atoms with van der Waals surface area (Å²) in [5, 5.41) is 28.6. The van der Waals surface area contributed by atoms with Crippen LogP contribution < -0.4 is 0 Å². The van der Waals surface area contributed by atoms with Crippen LogP contribution in [-0.2, 0) is 9.53 Å². The summed E-state index contributed by atoms with van der Waals surface area (Å²) >= 11 is 0. The molecule has 0 spiro atoms. The number of hydrogen-bond donors (Lipinski definition) is 3. The van der Waals surface area contributed by atoms with Crippen molar-refractivity contribution in [3.8, 4) is 0 Å². The number of aliphatic hydroxyl groups excluding tert-OH is 3. The van der Waals surface area contributed by atoms with Crippen molar-refractivity contribution in [3.05, 3.63) is 0 Å². The van der Waals surface area contributed by atoms with Gasteiger partial charge in [-0.3, -0.25) is 4.79 Å². The molecule has 4 atom stereocenters. The summed E-state index contributed by atoms with van der Waals surface area (Å²) in [6.07, 6.45) is 0.436. The van der Waals surface area contributed by atoms with Crippen molar-refractivity contribution in [2.75, 3.05) is 26.2 Å². The molecule has 0 aromatic heterocycles. The molecule has 0 aromatic rings. The number of likely N-dealkylation sites (tertiary alicyclic amines) is 1. The Labute approximate surface area is 125 Å². The zero-order valence-electron chi connectivity index (χ0n) is 12.6. The maximum absolute atomic E-state index is 11.3. The molecule has 4 unspecified atom stereocenters. The number of Topliss-reactive ketones (excluding diaryl/α,β-unsaturated/α-hetero) is 1. The number of hydrogen-bond acceptors (Lipinski definition) is 6. The number of rotatable bonds is 6. The minimum Gasteiger partial charge on any atom is -0.394 e. The predicted octanol–water partition coefficient (Wildman–Crippen LogP) is -0.451. The van der Waals surface area contributed by atoms with Gasteiger partial charge in [0, 0.05) is 5.92 Å². The maximum Gasteiger partial charge on any atom is 0.133 e. The van der Waals surface area contributed by atoms with Crippen LogP contribution >= 0.6 is 0 Å². The van der Waals surface area contributed by atoms with Crippen LogP contribution in [-0.4, -0.2) is 76.7 Å². The first kappa shape index (κ1) is 16.8. The summed E-state index contributed by atoms with van der Waals surface area (Å²) < 4.78 is 5.46. The monoisotopic (exact) mass is 301 g/mol. The summed E-state index contributed by atoms with van der Waals surface area (Å²) in [6.45, 7) is 4.20. The van der Waals surface area contributed by atoms with E-state index in [1.807, 2.05) is 0 Å². The molecule has 21 heavy (non-hydrogen) atoms. The van der Waals surface area contributed by atoms with E-state index in [1.54, 1.807) is 6.92 Å². The smallest absolute Gasteiger partial charge is 0.133 e. The van der Waals surface area contributed by atoms with E-state index in [9.17, 15) is 15.0 Å². The van der Waals surface area contributed by atoms with E-state index in [2.05, 4.69) is 4.90 Å². The van der Waals surface area contributed by atoms with Gasteiger partial charge in [0.1, 0.15) is 24.1 Å². The van der Waals surface area contributed by atoms with Crippen LogP contribution in [0.25, 0.3) is 0 Å². The van der Waals surface area contributed by atoms with Gasteiger partial charge >= 0.3 is 0 Å². The molecule has 0 bridgehead atoms. The number of nitrogens with zero attached hydrogens (tertiary/aromatic N) is 1. The van der Waals surface area contributed by atoms with Gasteiger partial charge in [0.05, 0.1) is 12.7 Å². The highest BCUT2D eigenvalue weighted by molar-refractivity contribution is 5.78. The fraction of sp³-hybridized carbons (Fsp3) is 0.933. The van der Waals surface area contributed by atoms with E-state index in [0.29, 0.717) is 12.2 Å². The average Bonchev–Trinajstić information content (AvgIpc) is 2.75. The Morgan fingerprint density at radius 2 is 1.81 bits per heavy atom. The van der Waals surface area contributed by atoms with Gasteiger partial charge in [0.25, 0.3) is 0 Å². The number of ketones is 1. The molecular weight excluding hydrogens is 274 g/mol. The van der Waals surface area contributed by atoms with Crippen LogP contribution in [0.3, 0.4) is 0 Å². The van der Waals surface area contributed by atoms with Gasteiger partial charge < -0.3 is 25.0 Å². The number of aliphatic hydroxyl groups is 3. The predicted molar refractivity (Wildman–Crippen MR) is 76.8 cm³/mol. The fourth-order valence-electron chi connectivity index (χ4n) is 3.29. The number of piperidine rings is 1. The minimum atomic E-state index is -0.994. The van der Waals surface area contributed by atoms with E-state index < -0.39 is 24.4 Å². The van der Waals surface area contributed by atoms with Crippen molar-refractivity contribution in [3.63, 3.8) is 0 Å². The topological polar surface area (TPSA) is 90.2 Å². The Balaban J connectivity index is 1.65. The minimum absolute atomic E-state index is 0.224. The molecule has 2 heterocycles. The van der Waals surface area contributed by atoms with Crippen molar-refractivity contribution in [2.24, 2.45) is 5.92 Å². The number of carbonyl (C=O) groups is 1. The van der Waals surface area contributed by atoms with Crippen LogP contribution in [0.5, 0.6) is 0 Å². The highest BCUT2D eigenvalue weighted by atomic mass is 16.6. The molecule has 3 N–H and O–H groups in total. The summed E-state index contributed by atoms with van der Waals surface area (Å²) in [7, 11) is 0. The third-order valence-corrected chi connectivity index (χ3v) is 4.77. The van der Waals surface area contributed by atoms with Crippen LogP contribution in [0.1, 0.15) is 32.6 Å². The van der Waals surface area contributed by atoms with E-state index >= 15 is 0 Å². The second kappa shape index (κ2) is 7.65. The van der Waals surface area contributed by atoms with Gasteiger partial charge in [-0.15, -0.1) is 0 Å². The molecule has 2 aliphatic heterocycles. The zero-order valence-corrected chi connectivity index (χ0v) is 12.6. The average molecular weight is 301 g/mol. The zero-order chi connectivity index (χ0) is 15.4. The Kier molecular flexibility index (Phi) is 6.13. The SMILES string of the molecule is CC(=O)C1CCN(CCCC2OC(CO)C(O)C2O)CC1. The van der Waals surface area contributed by atoms with Crippen molar-refractivity contribution in [2.45, 2.75) is 57.0 Å². The summed E-state index contributed by atoms with van der Waals surface area (Å²) in [5.74, 6) is 0.517. The number of carbonyl (C=O) groups excluding carboxylic acids is 1. The molecule has 2 fully saturated rings. The summed E-state index contributed by atoms with van der Waals surface area (Å²) in [5.41, 5.74) is 0. The molecule has 6 nitrogen and oxygen atoms in total. The van der Waals surface area contributed by atoms with Gasteiger partial charge in [-0.05, 0) is 52.2 Å². The molecule has 6 heteroatoms. The van der Waals surface area contributed by atoms with Gasteiger partial charge in [-0.25, -0.2) is 0 Å². The second-order valence-corrected chi connectivity index (χ2v) is 6.25. The van der Waals surface area contributed by atoms with Gasteiger partial charge in [0.15, 0.2) is 0 Å². The van der Waals surface area contributed by atoms with Crippen molar-refractivity contribution in [1.29, 1.82) is 0 Å². The van der Waals surface area contributed by atoms with Crippen molar-refractivity contribution < 1.29 is 24.9 Å². The maximum atomic E-state index is 11.3. The van der Waals surface area contributed by atoms with Crippen LogP contribution in [0.2, 0.25) is 0 Å². The highest BCUT2D eigenvalue weighted by Gasteiger charge is 2.41. The lowest BCUT2D eigenvalue weighted by Gasteiger charge is -2.31. The molecule has 0 amide bonds. The fourth-order valence-corrected chi connectivity index (χ4v) is 3.29. The van der Waals surface area contributed by atoms with E-state index in [0.717, 1.165) is 38.9 Å². The summed E-state index contributed by atoms with van der Waals surface area (Å²) in [6, 6.07) is 0. The first-order valence-corrected chi connectivity index (χ1v) is 7.88. The lowest BCUT2D eigenvalue weighted by atomic mass is 9.93. The molecule has 2 saturated heterocycles. The highest BCUT2D eigenvalue weighted by Crippen LogP contribution is 2.25. The molecule has 2 aliphatic rings. The molecule has 0 radical (unpaired) electrons. The molecule has 0 aliphatic carbocycles. The second-order valence-electron chi connectivity index (χ2n) is 6.25. The third kappa shape index (κ3) is 4.23. The Morgan fingerprint density at radius 1 is 1.19 bits per heavy atom. The van der Waals surface area contributed by atoms with Crippen LogP contribution in [0, 0.1) is 5.92 Å². The first-order chi connectivity index (χ1) is 10.0. The lowest BCUT2D eigenvalue weighted by Crippen LogP contribution is -2.37. The Hall–Kier alpha value is -0.530. The third-order valence-electron chi connectivity index (χ3n) is 4.77. The normalized spacial score (nSPS) is 35.2. The Bertz CT molecular complexity index is 343. The van der Waals surface area contributed by atoms with Gasteiger partial charge in [-0.2, -0.15) is 0 Å². The van der Waals surface area contributed by atoms with E-state index in [-0.39, 0.29) is 12.5 Å². The van der Waals surface area contributed by atoms with Gasteiger partial charge in [0.2, 0.25) is 0 Å². The molecular formula is C15H27NO5. The summed E-state index contributed by atoms with van der Waals surface area (Å²) in [4.78, 5) is 13.6. The molecule has 2 rings (SSSR count). The van der Waals surface area contributed by atoms with Crippen LogP contribution in [0.15, 0.2) is 0 Å². The van der Waals surface area contributed by atoms with Crippen LogP contribution in [0.4, 0.5) is 0 Å². The standard InChI is InChI=1S/C15H27NO5/c1-10(18)11-4-7-16(8-5-11)6-2-3-12-14(19)15(20)13(9-17)21-12/h11-15,17,19-20H,2-9H2,1H3.